The molecule has 0 amide bonds. The number of aromatic hydroxyl groups is 1. The van der Waals surface area contributed by atoms with Crippen LogP contribution in [0.3, 0.4) is 0 Å². The Morgan fingerprint density at radius 3 is 2.61 bits per heavy atom. The molecule has 0 aliphatic heterocycles. The molecule has 2 aromatic carbocycles. The molecule has 0 spiro atoms. The van der Waals surface area contributed by atoms with Crippen LogP contribution in [0.25, 0.3) is 11.1 Å². The predicted octanol–water partition coefficient (Wildman–Crippen LogP) is 3.28. The van der Waals surface area contributed by atoms with E-state index in [-0.39, 0.29) is 0 Å². The van der Waals surface area contributed by atoms with Crippen LogP contribution < -0.4 is 0 Å². The molecule has 0 unspecified atom stereocenters. The van der Waals surface area contributed by atoms with Gasteiger partial charge >= 0.3 is 0 Å². The van der Waals surface area contributed by atoms with Crippen molar-refractivity contribution in [2.75, 3.05) is 0 Å². The fraction of sp³-hybridized carbons (Fsp3) is 0.188. The van der Waals surface area contributed by atoms with Gasteiger partial charge < -0.3 is 5.11 Å². The topological polar surface area (TPSA) is 37.3 Å². The summed E-state index contributed by atoms with van der Waals surface area (Å²) in [6, 6.07) is 9.45. The summed E-state index contributed by atoms with van der Waals surface area (Å²) in [6.07, 6.45) is 2.82. The molecule has 2 nitrogen and oxygen atoms in total. The van der Waals surface area contributed by atoms with Gasteiger partial charge in [0.25, 0.3) is 0 Å². The molecule has 0 bridgehead atoms. The Balaban J connectivity index is 2.23. The first-order valence-corrected chi connectivity index (χ1v) is 6.10. The highest BCUT2D eigenvalue weighted by atomic mass is 16.3. The minimum Gasteiger partial charge on any atom is -0.508 e. The molecule has 1 aliphatic rings. The van der Waals surface area contributed by atoms with Gasteiger partial charge in [-0.2, -0.15) is 0 Å². The number of aryl methyl sites for hydroxylation is 1. The maximum Gasteiger partial charge on any atom is 0.150 e. The molecule has 0 fully saturated rings. The Hall–Kier alpha value is -2.09. The van der Waals surface area contributed by atoms with Crippen molar-refractivity contribution in [1.29, 1.82) is 0 Å². The van der Waals surface area contributed by atoms with Gasteiger partial charge in [0.1, 0.15) is 12.0 Å². The Bertz CT molecular complexity index is 642. The largest absolute Gasteiger partial charge is 0.508 e. The lowest BCUT2D eigenvalue weighted by Crippen LogP contribution is -2.11. The number of carbonyl (C=O) groups excluding carboxylic acids is 1. The van der Waals surface area contributed by atoms with Gasteiger partial charge in [0, 0.05) is 5.56 Å². The van der Waals surface area contributed by atoms with Crippen molar-refractivity contribution in [3.8, 4) is 16.9 Å². The maximum absolute atomic E-state index is 10.9. The number of aldehydes is 1. The van der Waals surface area contributed by atoms with Gasteiger partial charge in [0.15, 0.2) is 0 Å². The molecular weight excluding hydrogens is 224 g/mol. The second-order valence-corrected chi connectivity index (χ2v) is 4.79. The Morgan fingerprint density at radius 2 is 1.94 bits per heavy atom. The van der Waals surface area contributed by atoms with Crippen LogP contribution in [0.4, 0.5) is 0 Å². The lowest BCUT2D eigenvalue weighted by molar-refractivity contribution is 0.112. The smallest absolute Gasteiger partial charge is 0.150 e. The highest BCUT2D eigenvalue weighted by Crippen LogP contribution is 2.41. The predicted molar refractivity (Wildman–Crippen MR) is 71.1 cm³/mol. The van der Waals surface area contributed by atoms with Crippen molar-refractivity contribution in [2.45, 2.75) is 19.8 Å². The fourth-order valence-corrected chi connectivity index (χ4v) is 2.71. The second-order valence-electron chi connectivity index (χ2n) is 4.79. The molecule has 1 aliphatic carbocycles. The van der Waals surface area contributed by atoms with Gasteiger partial charge in [-0.15, -0.1) is 0 Å². The van der Waals surface area contributed by atoms with E-state index in [2.05, 4.69) is 0 Å². The van der Waals surface area contributed by atoms with E-state index in [4.69, 9.17) is 0 Å². The lowest BCUT2D eigenvalue weighted by Gasteiger charge is -2.26. The summed E-state index contributed by atoms with van der Waals surface area (Å²) in [6.45, 7) is 2.00. The van der Waals surface area contributed by atoms with Crippen molar-refractivity contribution < 1.29 is 9.90 Å². The van der Waals surface area contributed by atoms with E-state index in [0.29, 0.717) is 11.3 Å². The van der Waals surface area contributed by atoms with Crippen LogP contribution in [-0.4, -0.2) is 11.4 Å². The Labute approximate surface area is 106 Å². The normalized spacial score (nSPS) is 12.7. The van der Waals surface area contributed by atoms with Gasteiger partial charge in [-0.3, -0.25) is 4.79 Å². The van der Waals surface area contributed by atoms with E-state index in [1.807, 2.05) is 31.2 Å². The minimum absolute atomic E-state index is 0.407. The molecule has 0 saturated carbocycles. The van der Waals surface area contributed by atoms with Crippen LogP contribution in [-0.2, 0) is 12.8 Å². The van der Waals surface area contributed by atoms with Crippen LogP contribution in [0.15, 0.2) is 30.3 Å². The molecule has 0 saturated heterocycles. The van der Waals surface area contributed by atoms with Crippen molar-refractivity contribution in [3.05, 3.63) is 52.6 Å². The highest BCUT2D eigenvalue weighted by Gasteiger charge is 2.23. The van der Waals surface area contributed by atoms with Gasteiger partial charge in [-0.1, -0.05) is 18.2 Å². The molecule has 0 radical (unpaired) electrons. The molecule has 3 rings (SSSR count). The van der Waals surface area contributed by atoms with Crippen LogP contribution in [0.1, 0.15) is 27.0 Å². The van der Waals surface area contributed by atoms with E-state index in [1.54, 1.807) is 6.07 Å². The monoisotopic (exact) mass is 238 g/mol. The first-order chi connectivity index (χ1) is 8.70. The fourth-order valence-electron chi connectivity index (χ4n) is 2.71. The molecular formula is C16H14O2. The third-order valence-electron chi connectivity index (χ3n) is 3.66. The second kappa shape index (κ2) is 3.98. The molecule has 1 N–H and O–H groups in total. The van der Waals surface area contributed by atoms with Gasteiger partial charge in [-0.25, -0.2) is 0 Å². The van der Waals surface area contributed by atoms with Gasteiger partial charge in [0.05, 0.1) is 0 Å². The first kappa shape index (κ1) is 11.0. The lowest BCUT2D eigenvalue weighted by atomic mass is 9.79. The average molecular weight is 238 g/mol. The maximum atomic E-state index is 10.9. The number of hydrogen-bond acceptors (Lipinski definition) is 2. The quantitative estimate of drug-likeness (QED) is 0.815. The number of phenols is 1. The SMILES string of the molecule is Cc1cc(O)c2c(c1-c1cccc(C=O)c1)CC2. The van der Waals surface area contributed by atoms with Crippen molar-refractivity contribution >= 4 is 6.29 Å². The number of benzene rings is 2. The Morgan fingerprint density at radius 1 is 1.17 bits per heavy atom. The molecule has 90 valence electrons. The van der Waals surface area contributed by atoms with E-state index < -0.39 is 0 Å². The summed E-state index contributed by atoms with van der Waals surface area (Å²) >= 11 is 0. The standard InChI is InChI=1S/C16H14O2/c1-10-7-15(18)13-5-6-14(13)16(10)12-4-2-3-11(8-12)9-17/h2-4,7-9,18H,5-6H2,1H3. The van der Waals surface area contributed by atoms with Crippen LogP contribution >= 0.6 is 0 Å². The van der Waals surface area contributed by atoms with E-state index in [0.717, 1.165) is 35.8 Å². The van der Waals surface area contributed by atoms with E-state index in [1.165, 1.54) is 11.1 Å². The minimum atomic E-state index is 0.407. The zero-order valence-electron chi connectivity index (χ0n) is 10.2. The van der Waals surface area contributed by atoms with Gasteiger partial charge in [-0.05, 0) is 59.7 Å². The zero-order valence-corrected chi connectivity index (χ0v) is 10.2. The van der Waals surface area contributed by atoms with Crippen LogP contribution in [0.2, 0.25) is 0 Å². The Kier molecular flexibility index (Phi) is 2.44. The van der Waals surface area contributed by atoms with Crippen LogP contribution in [0, 0.1) is 6.92 Å². The summed E-state index contributed by atoms with van der Waals surface area (Å²) < 4.78 is 0. The number of phenolic OH excluding ortho intramolecular Hbond substituents is 1. The first-order valence-electron chi connectivity index (χ1n) is 6.10. The molecule has 0 aromatic heterocycles. The zero-order chi connectivity index (χ0) is 12.7. The average Bonchev–Trinajstić information content (AvgIpc) is 2.32. The summed E-state index contributed by atoms with van der Waals surface area (Å²) in [5.74, 6) is 0.407. The molecule has 2 aromatic rings. The third-order valence-corrected chi connectivity index (χ3v) is 3.66. The molecule has 18 heavy (non-hydrogen) atoms. The highest BCUT2D eigenvalue weighted by molar-refractivity contribution is 5.82. The van der Waals surface area contributed by atoms with Crippen molar-refractivity contribution in [3.63, 3.8) is 0 Å². The number of fused-ring (bicyclic) bond motifs is 1. The van der Waals surface area contributed by atoms with Gasteiger partial charge in [0.2, 0.25) is 0 Å². The molecule has 0 atom stereocenters. The summed E-state index contributed by atoms with van der Waals surface area (Å²) in [5, 5.41) is 9.85. The third kappa shape index (κ3) is 1.53. The van der Waals surface area contributed by atoms with E-state index >= 15 is 0 Å². The number of rotatable bonds is 2. The van der Waals surface area contributed by atoms with Crippen molar-refractivity contribution in [1.82, 2.24) is 0 Å². The van der Waals surface area contributed by atoms with Crippen molar-refractivity contribution in [2.24, 2.45) is 0 Å². The number of carbonyl (C=O) groups is 1. The summed E-state index contributed by atoms with van der Waals surface area (Å²) in [7, 11) is 0. The summed E-state index contributed by atoms with van der Waals surface area (Å²) in [4.78, 5) is 10.9. The summed E-state index contributed by atoms with van der Waals surface area (Å²) in [5.41, 5.74) is 6.29. The van der Waals surface area contributed by atoms with Crippen LogP contribution in [0.5, 0.6) is 5.75 Å². The molecule has 2 heteroatoms. The van der Waals surface area contributed by atoms with E-state index in [9.17, 15) is 9.90 Å². The molecule has 0 heterocycles. The number of hydrogen-bond donors (Lipinski definition) is 1.